The number of fused-ring (bicyclic) bond motifs is 1. The third kappa shape index (κ3) is 4.99. The number of hydrogen-bond donors (Lipinski definition) is 1. The van der Waals surface area contributed by atoms with Crippen molar-refractivity contribution in [3.05, 3.63) is 83.8 Å². The molecular formula is C25H30BN5O. The molecule has 32 heavy (non-hydrogen) atoms. The Bertz CT molecular complexity index is 1050. The van der Waals surface area contributed by atoms with Gasteiger partial charge >= 0.3 is 0 Å². The Morgan fingerprint density at radius 2 is 1.88 bits per heavy atom. The molecule has 0 saturated carbocycles. The lowest BCUT2D eigenvalue weighted by molar-refractivity contribution is 0.0754. The average molecular weight is 427 g/mol. The predicted molar refractivity (Wildman–Crippen MR) is 131 cm³/mol. The molecule has 0 aliphatic carbocycles. The van der Waals surface area contributed by atoms with Gasteiger partial charge in [-0.1, -0.05) is 65.6 Å². The molecule has 2 heterocycles. The highest BCUT2D eigenvalue weighted by Crippen LogP contribution is 2.22. The summed E-state index contributed by atoms with van der Waals surface area (Å²) < 4.78 is 0. The number of rotatable bonds is 8. The van der Waals surface area contributed by atoms with Crippen molar-refractivity contribution >= 4 is 24.5 Å². The molecule has 1 aliphatic rings. The molecule has 1 aliphatic heterocycles. The first kappa shape index (κ1) is 22.0. The zero-order chi connectivity index (χ0) is 22.3. The van der Waals surface area contributed by atoms with Crippen LogP contribution in [-0.2, 0) is 6.54 Å². The topological polar surface area (TPSA) is 61.4 Å². The Hall–Kier alpha value is -3.19. The summed E-state index contributed by atoms with van der Waals surface area (Å²) in [6.07, 6.45) is 4.20. The molecule has 0 saturated heterocycles. The van der Waals surface area contributed by atoms with Crippen LogP contribution in [0, 0.1) is 0 Å². The Morgan fingerprint density at radius 1 is 1.09 bits per heavy atom. The quantitative estimate of drug-likeness (QED) is 0.558. The van der Waals surface area contributed by atoms with Gasteiger partial charge < -0.3 is 15.1 Å². The highest BCUT2D eigenvalue weighted by Gasteiger charge is 2.27. The highest BCUT2D eigenvalue weighted by atomic mass is 16.2. The average Bonchev–Trinajstić information content (AvgIpc) is 2.95. The van der Waals surface area contributed by atoms with E-state index in [2.05, 4.69) is 69.9 Å². The van der Waals surface area contributed by atoms with Crippen molar-refractivity contribution in [2.24, 2.45) is 0 Å². The van der Waals surface area contributed by atoms with Crippen LogP contribution < -0.4 is 15.7 Å². The van der Waals surface area contributed by atoms with Crippen LogP contribution in [0.1, 0.15) is 33.7 Å². The molecule has 0 fully saturated rings. The lowest BCUT2D eigenvalue weighted by Gasteiger charge is -2.24. The van der Waals surface area contributed by atoms with Crippen LogP contribution in [0.3, 0.4) is 0 Å². The zero-order valence-electron chi connectivity index (χ0n) is 18.9. The van der Waals surface area contributed by atoms with E-state index in [1.807, 2.05) is 23.9 Å². The van der Waals surface area contributed by atoms with Crippen LogP contribution in [0.15, 0.2) is 67.1 Å². The smallest absolute Gasteiger partial charge is 0.259 e. The third-order valence-electron chi connectivity index (χ3n) is 6.24. The van der Waals surface area contributed by atoms with Gasteiger partial charge in [-0.3, -0.25) is 4.79 Å². The van der Waals surface area contributed by atoms with E-state index in [0.29, 0.717) is 30.3 Å². The first-order valence-electron chi connectivity index (χ1n) is 11.2. The van der Waals surface area contributed by atoms with Gasteiger partial charge in [-0.15, -0.1) is 0 Å². The van der Waals surface area contributed by atoms with E-state index in [0.717, 1.165) is 26.8 Å². The minimum atomic E-state index is -0.00505. The number of carbonyl (C=O) groups is 1. The maximum atomic E-state index is 13.3. The molecular weight excluding hydrogens is 397 g/mol. The van der Waals surface area contributed by atoms with Crippen molar-refractivity contribution < 1.29 is 4.79 Å². The van der Waals surface area contributed by atoms with Gasteiger partial charge in [0.25, 0.3) is 5.91 Å². The van der Waals surface area contributed by atoms with E-state index in [1.165, 1.54) is 22.9 Å². The predicted octanol–water partition coefficient (Wildman–Crippen LogP) is 1.98. The summed E-state index contributed by atoms with van der Waals surface area (Å²) >= 11 is 0. The summed E-state index contributed by atoms with van der Waals surface area (Å²) in [6.45, 7) is 2.95. The first-order chi connectivity index (χ1) is 15.7. The first-order valence-corrected chi connectivity index (χ1v) is 11.2. The Morgan fingerprint density at radius 3 is 2.69 bits per heavy atom. The van der Waals surface area contributed by atoms with Crippen molar-refractivity contribution in [1.29, 1.82) is 0 Å². The van der Waals surface area contributed by atoms with Crippen molar-refractivity contribution in [3.8, 4) is 0 Å². The summed E-state index contributed by atoms with van der Waals surface area (Å²) in [5.41, 5.74) is 4.43. The third-order valence-corrected chi connectivity index (χ3v) is 6.24. The molecule has 0 bridgehead atoms. The second kappa shape index (κ2) is 10.4. The van der Waals surface area contributed by atoms with E-state index in [9.17, 15) is 4.79 Å². The fourth-order valence-corrected chi connectivity index (χ4v) is 4.39. The molecule has 0 spiro atoms. The van der Waals surface area contributed by atoms with Crippen LogP contribution in [0.2, 0.25) is 0 Å². The maximum absolute atomic E-state index is 13.3. The monoisotopic (exact) mass is 427 g/mol. The normalized spacial score (nSPS) is 14.6. The van der Waals surface area contributed by atoms with Gasteiger partial charge in [-0.05, 0) is 31.4 Å². The number of aromatic nitrogens is 2. The number of anilines is 1. The number of carbonyl (C=O) groups excluding carboxylic acids is 1. The molecule has 1 aromatic heterocycles. The van der Waals surface area contributed by atoms with Gasteiger partial charge in [-0.2, -0.15) is 0 Å². The SMILES string of the molecule is CNCCC(Bc1ccccc1CN1CCN(C)c2ncncc2C1=O)c1ccccc1. The lowest BCUT2D eigenvalue weighted by atomic mass is 9.54. The van der Waals surface area contributed by atoms with Crippen molar-refractivity contribution in [2.45, 2.75) is 18.8 Å². The molecule has 3 aromatic rings. The zero-order valence-corrected chi connectivity index (χ0v) is 18.9. The molecule has 1 atom stereocenters. The lowest BCUT2D eigenvalue weighted by Crippen LogP contribution is -2.36. The van der Waals surface area contributed by atoms with Gasteiger partial charge in [0.2, 0.25) is 0 Å². The van der Waals surface area contributed by atoms with Crippen LogP contribution in [0.4, 0.5) is 5.82 Å². The number of amides is 1. The number of nitrogens with zero attached hydrogens (tertiary/aromatic N) is 4. The van der Waals surface area contributed by atoms with Gasteiger partial charge in [0.1, 0.15) is 17.7 Å². The van der Waals surface area contributed by atoms with E-state index >= 15 is 0 Å². The fourth-order valence-electron chi connectivity index (χ4n) is 4.39. The number of likely N-dealkylation sites (N-methyl/N-ethyl adjacent to an activating group) is 1. The molecule has 164 valence electrons. The molecule has 1 unspecified atom stereocenters. The standard InChI is InChI=1S/C25H30BN5O/c1-27-13-12-23(19-8-4-3-5-9-19)26-22-11-7-6-10-20(22)17-31-15-14-30(2)24-21(25(31)32)16-28-18-29-24/h3-11,16,18,23,26-27H,12-15,17H2,1-2H3. The Kier molecular flexibility index (Phi) is 7.17. The van der Waals surface area contributed by atoms with E-state index in [-0.39, 0.29) is 5.91 Å². The van der Waals surface area contributed by atoms with Gasteiger partial charge in [0, 0.05) is 32.9 Å². The summed E-state index contributed by atoms with van der Waals surface area (Å²) in [5, 5.41) is 3.29. The minimum absolute atomic E-state index is 0.00505. The summed E-state index contributed by atoms with van der Waals surface area (Å²) in [5.74, 6) is 1.12. The largest absolute Gasteiger partial charge is 0.357 e. The van der Waals surface area contributed by atoms with Gasteiger partial charge in [0.15, 0.2) is 7.28 Å². The minimum Gasteiger partial charge on any atom is -0.357 e. The second-order valence-electron chi connectivity index (χ2n) is 8.38. The fraction of sp³-hybridized carbons (Fsp3) is 0.320. The second-order valence-corrected chi connectivity index (χ2v) is 8.38. The van der Waals surface area contributed by atoms with Gasteiger partial charge in [0.05, 0.1) is 0 Å². The van der Waals surface area contributed by atoms with Crippen molar-refractivity contribution in [3.63, 3.8) is 0 Å². The molecule has 6 nitrogen and oxygen atoms in total. The van der Waals surface area contributed by atoms with E-state index in [1.54, 1.807) is 6.20 Å². The van der Waals surface area contributed by atoms with Crippen molar-refractivity contribution in [2.75, 3.05) is 38.6 Å². The maximum Gasteiger partial charge on any atom is 0.259 e. The van der Waals surface area contributed by atoms with Crippen LogP contribution in [0.5, 0.6) is 0 Å². The van der Waals surface area contributed by atoms with E-state index < -0.39 is 0 Å². The number of hydrogen-bond acceptors (Lipinski definition) is 5. The molecule has 2 aromatic carbocycles. The molecule has 4 rings (SSSR count). The van der Waals surface area contributed by atoms with Gasteiger partial charge in [-0.25, -0.2) is 9.97 Å². The molecule has 0 radical (unpaired) electrons. The molecule has 1 N–H and O–H groups in total. The van der Waals surface area contributed by atoms with E-state index in [4.69, 9.17) is 0 Å². The molecule has 7 heteroatoms. The Labute approximate surface area is 190 Å². The number of benzene rings is 2. The summed E-state index contributed by atoms with van der Waals surface area (Å²) in [4.78, 5) is 25.7. The van der Waals surface area contributed by atoms with Crippen LogP contribution in [0.25, 0.3) is 0 Å². The summed E-state index contributed by atoms with van der Waals surface area (Å²) in [6, 6.07) is 19.2. The summed E-state index contributed by atoms with van der Waals surface area (Å²) in [7, 11) is 4.92. The van der Waals surface area contributed by atoms with Crippen LogP contribution >= 0.6 is 0 Å². The van der Waals surface area contributed by atoms with Crippen molar-refractivity contribution in [1.82, 2.24) is 20.2 Å². The highest BCUT2D eigenvalue weighted by molar-refractivity contribution is 6.55. The molecule has 1 amide bonds. The number of nitrogens with one attached hydrogen (secondary N) is 1. The Balaban J connectivity index is 1.58. The van der Waals surface area contributed by atoms with Crippen LogP contribution in [-0.4, -0.2) is 61.8 Å².